The molecule has 10 nitrogen and oxygen atoms in total. The smallest absolute Gasteiger partial charge is 0.338 e. The van der Waals surface area contributed by atoms with Gasteiger partial charge in [-0.15, -0.1) is 11.3 Å². The Morgan fingerprint density at radius 2 is 1.86 bits per heavy atom. The lowest BCUT2D eigenvalue weighted by Gasteiger charge is -2.22. The summed E-state index contributed by atoms with van der Waals surface area (Å²) in [6.07, 6.45) is 0.458. The predicted molar refractivity (Wildman–Crippen MR) is 138 cm³/mol. The number of rotatable bonds is 9. The van der Waals surface area contributed by atoms with E-state index in [1.54, 1.807) is 19.2 Å². The second-order valence-electron chi connectivity index (χ2n) is 7.91. The second kappa shape index (κ2) is 11.1. The third kappa shape index (κ3) is 5.66. The van der Waals surface area contributed by atoms with E-state index < -0.39 is 34.5 Å². The molecule has 12 heteroatoms. The molecule has 1 aromatic heterocycles. The summed E-state index contributed by atoms with van der Waals surface area (Å²) in [5.74, 6) is -0.290. The van der Waals surface area contributed by atoms with E-state index in [1.165, 1.54) is 54.8 Å². The Morgan fingerprint density at radius 1 is 1.08 bits per heavy atom. The maximum Gasteiger partial charge on any atom is 0.338 e. The molecule has 194 valence electrons. The lowest BCUT2D eigenvalue weighted by atomic mass is 10.0. The fraction of sp³-hybridized carbons (Fsp3) is 0.240. The fourth-order valence-electron chi connectivity index (χ4n) is 3.84. The summed E-state index contributed by atoms with van der Waals surface area (Å²) in [5, 5.41) is 7.79. The van der Waals surface area contributed by atoms with Crippen LogP contribution in [0.15, 0.2) is 70.0 Å². The van der Waals surface area contributed by atoms with Crippen molar-refractivity contribution in [3.8, 4) is 11.5 Å². The molecule has 37 heavy (non-hydrogen) atoms. The number of hydrogen-bond donors (Lipinski definition) is 1. The Hall–Kier alpha value is -3.74. The number of esters is 1. The summed E-state index contributed by atoms with van der Waals surface area (Å²) in [5.41, 5.74) is 1.52. The molecular formula is C25H25N3O7S2. The van der Waals surface area contributed by atoms with Gasteiger partial charge in [0.05, 0.1) is 41.3 Å². The first-order valence-electron chi connectivity index (χ1n) is 11.1. The molecule has 0 aliphatic carbocycles. The highest BCUT2D eigenvalue weighted by molar-refractivity contribution is 7.89. The number of methoxy groups -OCH3 is 2. The molecule has 0 fully saturated rings. The summed E-state index contributed by atoms with van der Waals surface area (Å²) in [6.45, 7) is -0.577. The topological polar surface area (TPSA) is 124 Å². The predicted octanol–water partition coefficient (Wildman–Crippen LogP) is 3.21. The summed E-state index contributed by atoms with van der Waals surface area (Å²) < 4.78 is 42.3. The minimum atomic E-state index is -3.74. The number of benzene rings is 2. The number of hydrazone groups is 1. The van der Waals surface area contributed by atoms with Gasteiger partial charge in [0, 0.05) is 6.42 Å². The molecule has 1 aliphatic rings. The highest BCUT2D eigenvalue weighted by Crippen LogP contribution is 2.37. The Labute approximate surface area is 218 Å². The summed E-state index contributed by atoms with van der Waals surface area (Å²) in [7, 11) is 0.600. The molecule has 0 saturated carbocycles. The molecule has 0 spiro atoms. The quantitative estimate of drug-likeness (QED) is 0.411. The van der Waals surface area contributed by atoms with E-state index in [9.17, 15) is 18.0 Å². The number of carbonyl (C=O) groups is 2. The summed E-state index contributed by atoms with van der Waals surface area (Å²) in [6, 6.07) is 14.1. The number of hydrogen-bond acceptors (Lipinski definition) is 9. The second-order valence-corrected chi connectivity index (χ2v) is 10.7. The monoisotopic (exact) mass is 543 g/mol. The van der Waals surface area contributed by atoms with Crippen molar-refractivity contribution in [1.82, 2.24) is 9.73 Å². The molecule has 1 atom stereocenters. The van der Waals surface area contributed by atoms with Crippen LogP contribution in [0.1, 0.15) is 33.3 Å². The zero-order valence-corrected chi connectivity index (χ0v) is 22.0. The molecule has 3 aromatic rings. The first kappa shape index (κ1) is 26.3. The van der Waals surface area contributed by atoms with E-state index in [2.05, 4.69) is 9.82 Å². The third-order valence-corrected chi connectivity index (χ3v) is 8.07. The van der Waals surface area contributed by atoms with Crippen LogP contribution < -0.4 is 14.2 Å². The zero-order chi connectivity index (χ0) is 26.6. The van der Waals surface area contributed by atoms with Crippen LogP contribution in [-0.4, -0.2) is 58.9 Å². The molecule has 0 bridgehead atoms. The van der Waals surface area contributed by atoms with Crippen LogP contribution in [0, 0.1) is 0 Å². The molecule has 1 aliphatic heterocycles. The van der Waals surface area contributed by atoms with E-state index in [0.717, 1.165) is 16.2 Å². The number of amides is 1. The maximum absolute atomic E-state index is 13.2. The zero-order valence-electron chi connectivity index (χ0n) is 20.3. The van der Waals surface area contributed by atoms with Gasteiger partial charge in [-0.1, -0.05) is 18.2 Å². The van der Waals surface area contributed by atoms with Crippen molar-refractivity contribution < 1.29 is 32.2 Å². The van der Waals surface area contributed by atoms with E-state index in [-0.39, 0.29) is 10.5 Å². The molecular weight excluding hydrogens is 518 g/mol. The van der Waals surface area contributed by atoms with Crippen LogP contribution >= 0.6 is 11.3 Å². The van der Waals surface area contributed by atoms with Crippen molar-refractivity contribution in [2.75, 3.05) is 27.9 Å². The largest absolute Gasteiger partial charge is 0.493 e. The van der Waals surface area contributed by atoms with Gasteiger partial charge in [-0.05, 0) is 54.4 Å². The molecule has 0 saturated heterocycles. The standard InChI is InChI=1S/C25H25N3O7S2/c1-26-37(31,32)18-7-4-6-17(12-18)25(30)35-15-24(29)28-20(14-19(27-28)23-8-5-11-36-23)16-9-10-21(33-2)22(13-16)34-3/h4-13,20,26H,14-15H2,1-3H3/t20-/m1/s1. The van der Waals surface area contributed by atoms with Gasteiger partial charge >= 0.3 is 5.97 Å². The fourth-order valence-corrected chi connectivity index (χ4v) is 5.33. The van der Waals surface area contributed by atoms with Gasteiger partial charge in [-0.25, -0.2) is 22.9 Å². The number of nitrogens with one attached hydrogen (secondary N) is 1. The van der Waals surface area contributed by atoms with Gasteiger partial charge in [0.15, 0.2) is 18.1 Å². The SMILES string of the molecule is CNS(=O)(=O)c1cccc(C(=O)OCC(=O)N2N=C(c3cccs3)C[C@@H]2c2ccc(OC)c(OC)c2)c1. The normalized spacial score (nSPS) is 15.3. The Kier molecular flexibility index (Phi) is 7.91. The van der Waals surface area contributed by atoms with Crippen molar-refractivity contribution in [1.29, 1.82) is 0 Å². The number of ether oxygens (including phenoxy) is 3. The van der Waals surface area contributed by atoms with E-state index in [0.29, 0.717) is 17.9 Å². The van der Waals surface area contributed by atoms with Crippen LogP contribution in [0.4, 0.5) is 0 Å². The summed E-state index contributed by atoms with van der Waals surface area (Å²) >= 11 is 1.51. The third-order valence-electron chi connectivity index (χ3n) is 5.74. The minimum absolute atomic E-state index is 0.00441. The van der Waals surface area contributed by atoms with Crippen molar-refractivity contribution in [3.63, 3.8) is 0 Å². The maximum atomic E-state index is 13.2. The van der Waals surface area contributed by atoms with Crippen molar-refractivity contribution in [2.24, 2.45) is 5.10 Å². The average Bonchev–Trinajstić information content (AvgIpc) is 3.62. The Balaban J connectivity index is 1.55. The van der Waals surface area contributed by atoms with E-state index in [1.807, 2.05) is 23.6 Å². The number of nitrogens with zero attached hydrogens (tertiary/aromatic N) is 2. The molecule has 1 N–H and O–H groups in total. The van der Waals surface area contributed by atoms with Crippen LogP contribution in [-0.2, 0) is 19.6 Å². The highest BCUT2D eigenvalue weighted by atomic mass is 32.2. The van der Waals surface area contributed by atoms with Crippen LogP contribution in [0.25, 0.3) is 0 Å². The number of thiophene rings is 1. The van der Waals surface area contributed by atoms with Crippen LogP contribution in [0.3, 0.4) is 0 Å². The molecule has 4 rings (SSSR count). The van der Waals surface area contributed by atoms with Crippen molar-refractivity contribution in [2.45, 2.75) is 17.4 Å². The van der Waals surface area contributed by atoms with E-state index in [4.69, 9.17) is 14.2 Å². The van der Waals surface area contributed by atoms with Gasteiger partial charge in [-0.2, -0.15) is 5.10 Å². The van der Waals surface area contributed by atoms with Crippen molar-refractivity contribution >= 4 is 38.9 Å². The molecule has 2 aromatic carbocycles. The van der Waals surface area contributed by atoms with Crippen LogP contribution in [0.5, 0.6) is 11.5 Å². The van der Waals surface area contributed by atoms with Crippen LogP contribution in [0.2, 0.25) is 0 Å². The van der Waals surface area contributed by atoms with Gasteiger partial charge in [-0.3, -0.25) is 4.79 Å². The minimum Gasteiger partial charge on any atom is -0.493 e. The number of sulfonamides is 1. The van der Waals surface area contributed by atoms with Gasteiger partial charge in [0.1, 0.15) is 0 Å². The average molecular weight is 544 g/mol. The Morgan fingerprint density at radius 3 is 2.54 bits per heavy atom. The molecule has 1 amide bonds. The molecule has 2 heterocycles. The van der Waals surface area contributed by atoms with Gasteiger partial charge in [0.25, 0.3) is 5.91 Å². The number of carbonyl (C=O) groups excluding carboxylic acids is 2. The molecule has 0 unspecified atom stereocenters. The highest BCUT2D eigenvalue weighted by Gasteiger charge is 2.34. The van der Waals surface area contributed by atoms with E-state index >= 15 is 0 Å². The first-order valence-corrected chi connectivity index (χ1v) is 13.5. The lowest BCUT2D eigenvalue weighted by Crippen LogP contribution is -2.31. The first-order chi connectivity index (χ1) is 17.8. The Bertz CT molecular complexity index is 1440. The van der Waals surface area contributed by atoms with Crippen molar-refractivity contribution in [3.05, 3.63) is 76.0 Å². The van der Waals surface area contributed by atoms with Gasteiger partial charge in [0.2, 0.25) is 10.0 Å². The summed E-state index contributed by atoms with van der Waals surface area (Å²) in [4.78, 5) is 26.7. The van der Waals surface area contributed by atoms with Gasteiger partial charge < -0.3 is 14.2 Å². The molecule has 0 radical (unpaired) electrons. The lowest BCUT2D eigenvalue weighted by molar-refractivity contribution is -0.136.